The van der Waals surface area contributed by atoms with Crippen LogP contribution in [0.1, 0.15) is 5.82 Å². The molecule has 0 aliphatic heterocycles. The fraction of sp³-hybridized carbons (Fsp3) is 0.125. The first-order chi connectivity index (χ1) is 7.75. The minimum Gasteiger partial charge on any atom is -0.375 e. The van der Waals surface area contributed by atoms with E-state index in [4.69, 9.17) is 0 Å². The zero-order chi connectivity index (χ0) is 11.4. The molecule has 16 heavy (non-hydrogen) atoms. The van der Waals surface area contributed by atoms with E-state index in [0.717, 1.165) is 0 Å². The molecule has 2 rings (SSSR count). The van der Waals surface area contributed by atoms with Crippen molar-refractivity contribution in [2.24, 2.45) is 0 Å². The summed E-state index contributed by atoms with van der Waals surface area (Å²) in [4.78, 5) is 17.4. The third-order valence-corrected chi connectivity index (χ3v) is 1.86. The number of pyridine rings is 1. The standard InChI is InChI=1S/C8H8N6O2/c15-14(16)8-2-1-6(3-10-8)9-4-7-11-5-12-13-7/h1-3,5,9H,4H2,(H,11,12,13). The van der Waals surface area contributed by atoms with E-state index in [-0.39, 0.29) is 5.82 Å². The maximum Gasteiger partial charge on any atom is 0.363 e. The predicted molar refractivity (Wildman–Crippen MR) is 54.6 cm³/mol. The van der Waals surface area contributed by atoms with Crippen LogP contribution in [0.4, 0.5) is 11.5 Å². The van der Waals surface area contributed by atoms with Crippen LogP contribution in [0.3, 0.4) is 0 Å². The van der Waals surface area contributed by atoms with Gasteiger partial charge in [0.2, 0.25) is 0 Å². The topological polar surface area (TPSA) is 110 Å². The van der Waals surface area contributed by atoms with E-state index in [1.54, 1.807) is 6.07 Å². The van der Waals surface area contributed by atoms with E-state index in [0.29, 0.717) is 18.1 Å². The first-order valence-corrected chi connectivity index (χ1v) is 4.44. The molecule has 2 N–H and O–H groups in total. The van der Waals surface area contributed by atoms with Crippen molar-refractivity contribution in [3.8, 4) is 0 Å². The van der Waals surface area contributed by atoms with E-state index in [1.165, 1.54) is 18.6 Å². The van der Waals surface area contributed by atoms with Crippen molar-refractivity contribution in [1.29, 1.82) is 0 Å². The smallest absolute Gasteiger partial charge is 0.363 e. The molecule has 0 aliphatic carbocycles. The number of nitrogens with one attached hydrogen (secondary N) is 2. The molecular weight excluding hydrogens is 212 g/mol. The van der Waals surface area contributed by atoms with Gasteiger partial charge in [0.25, 0.3) is 0 Å². The number of H-pyrrole nitrogens is 1. The number of rotatable bonds is 4. The van der Waals surface area contributed by atoms with Crippen LogP contribution in [0.25, 0.3) is 0 Å². The molecule has 2 aromatic heterocycles. The molecule has 2 heterocycles. The third kappa shape index (κ3) is 2.29. The van der Waals surface area contributed by atoms with Gasteiger partial charge >= 0.3 is 5.82 Å². The molecule has 2 aromatic rings. The Kier molecular flexibility index (Phi) is 2.72. The molecule has 0 atom stereocenters. The van der Waals surface area contributed by atoms with E-state index >= 15 is 0 Å². The third-order valence-electron chi connectivity index (χ3n) is 1.86. The van der Waals surface area contributed by atoms with Crippen LogP contribution in [-0.2, 0) is 6.54 Å². The van der Waals surface area contributed by atoms with E-state index in [2.05, 4.69) is 25.5 Å². The molecule has 8 nitrogen and oxygen atoms in total. The average Bonchev–Trinajstić information content (AvgIpc) is 2.80. The minimum absolute atomic E-state index is 0.176. The maximum atomic E-state index is 10.4. The van der Waals surface area contributed by atoms with Crippen LogP contribution in [0.5, 0.6) is 0 Å². The molecule has 0 bridgehead atoms. The molecule has 0 fully saturated rings. The zero-order valence-electron chi connectivity index (χ0n) is 8.12. The van der Waals surface area contributed by atoms with E-state index in [1.807, 2.05) is 0 Å². The lowest BCUT2D eigenvalue weighted by Crippen LogP contribution is -2.02. The molecule has 0 saturated heterocycles. The van der Waals surface area contributed by atoms with Crippen LogP contribution in [0.15, 0.2) is 24.7 Å². The lowest BCUT2D eigenvalue weighted by atomic mass is 10.4. The normalized spacial score (nSPS) is 10.0. The summed E-state index contributed by atoms with van der Waals surface area (Å²) in [5.41, 5.74) is 0.682. The van der Waals surface area contributed by atoms with Gasteiger partial charge in [-0.25, -0.2) is 4.98 Å². The van der Waals surface area contributed by atoms with Gasteiger partial charge in [0.1, 0.15) is 12.2 Å². The molecule has 0 saturated carbocycles. The Morgan fingerprint density at radius 3 is 2.88 bits per heavy atom. The Labute approximate surface area is 89.9 Å². The molecule has 82 valence electrons. The van der Waals surface area contributed by atoms with Crippen molar-refractivity contribution in [1.82, 2.24) is 20.2 Å². The largest absolute Gasteiger partial charge is 0.375 e. The summed E-state index contributed by atoms with van der Waals surface area (Å²) in [7, 11) is 0. The van der Waals surface area contributed by atoms with Gasteiger partial charge in [-0.05, 0) is 16.0 Å². The Balaban J connectivity index is 1.98. The predicted octanol–water partition coefficient (Wildman–Crippen LogP) is 0.720. The fourth-order valence-electron chi connectivity index (χ4n) is 1.10. The van der Waals surface area contributed by atoms with Gasteiger partial charge in [-0.2, -0.15) is 5.10 Å². The molecule has 0 unspecified atom stereocenters. The number of hydrogen-bond acceptors (Lipinski definition) is 6. The Hall–Kier alpha value is -2.51. The summed E-state index contributed by atoms with van der Waals surface area (Å²) in [6, 6.07) is 2.92. The van der Waals surface area contributed by atoms with Gasteiger partial charge in [0, 0.05) is 6.07 Å². The molecule has 0 aliphatic rings. The Bertz CT molecular complexity index is 466. The lowest BCUT2D eigenvalue weighted by Gasteiger charge is -2.00. The second kappa shape index (κ2) is 4.34. The number of aromatic nitrogens is 4. The van der Waals surface area contributed by atoms with Gasteiger partial charge in [0.15, 0.2) is 6.20 Å². The molecule has 0 aromatic carbocycles. The van der Waals surface area contributed by atoms with Crippen LogP contribution in [0, 0.1) is 10.1 Å². The van der Waals surface area contributed by atoms with Crippen molar-refractivity contribution in [3.05, 3.63) is 40.6 Å². The van der Waals surface area contributed by atoms with E-state index in [9.17, 15) is 10.1 Å². The second-order valence-electron chi connectivity index (χ2n) is 2.95. The van der Waals surface area contributed by atoms with Gasteiger partial charge in [-0.1, -0.05) is 0 Å². The van der Waals surface area contributed by atoms with Gasteiger partial charge in [-0.3, -0.25) is 5.10 Å². The summed E-state index contributed by atoms with van der Waals surface area (Å²) in [5.74, 6) is 0.503. The summed E-state index contributed by atoms with van der Waals surface area (Å²) in [5, 5.41) is 19.7. The second-order valence-corrected chi connectivity index (χ2v) is 2.95. The number of aromatic amines is 1. The number of nitrogens with zero attached hydrogens (tertiary/aromatic N) is 4. The van der Waals surface area contributed by atoms with Crippen molar-refractivity contribution in [2.45, 2.75) is 6.54 Å². The van der Waals surface area contributed by atoms with Crippen LogP contribution in [-0.4, -0.2) is 25.1 Å². The monoisotopic (exact) mass is 220 g/mol. The Morgan fingerprint density at radius 1 is 1.44 bits per heavy atom. The molecule has 0 spiro atoms. The zero-order valence-corrected chi connectivity index (χ0v) is 8.12. The molecule has 0 radical (unpaired) electrons. The SMILES string of the molecule is O=[N+]([O-])c1ccc(NCc2ncn[nH]2)cn1. The number of anilines is 1. The van der Waals surface area contributed by atoms with Crippen LogP contribution in [0.2, 0.25) is 0 Å². The lowest BCUT2D eigenvalue weighted by molar-refractivity contribution is -0.389. The number of nitro groups is 1. The highest BCUT2D eigenvalue weighted by Crippen LogP contribution is 2.11. The average molecular weight is 220 g/mol. The maximum absolute atomic E-state index is 10.4. The summed E-state index contributed by atoms with van der Waals surface area (Å²) >= 11 is 0. The summed E-state index contributed by atoms with van der Waals surface area (Å²) in [6.07, 6.45) is 2.81. The first-order valence-electron chi connectivity index (χ1n) is 4.44. The fourth-order valence-corrected chi connectivity index (χ4v) is 1.10. The van der Waals surface area contributed by atoms with Gasteiger partial charge < -0.3 is 15.4 Å². The molecular formula is C8H8N6O2. The summed E-state index contributed by atoms with van der Waals surface area (Å²) < 4.78 is 0. The number of hydrogen-bond donors (Lipinski definition) is 2. The van der Waals surface area contributed by atoms with Gasteiger partial charge in [-0.15, -0.1) is 0 Å². The molecule has 8 heteroatoms. The van der Waals surface area contributed by atoms with Crippen molar-refractivity contribution < 1.29 is 4.92 Å². The summed E-state index contributed by atoms with van der Waals surface area (Å²) in [6.45, 7) is 0.458. The Morgan fingerprint density at radius 2 is 2.31 bits per heavy atom. The van der Waals surface area contributed by atoms with Crippen molar-refractivity contribution >= 4 is 11.5 Å². The highest BCUT2D eigenvalue weighted by atomic mass is 16.6. The first kappa shape index (κ1) is 10.0. The quantitative estimate of drug-likeness (QED) is 0.580. The van der Waals surface area contributed by atoms with Crippen molar-refractivity contribution in [2.75, 3.05) is 5.32 Å². The highest BCUT2D eigenvalue weighted by Gasteiger charge is 2.05. The highest BCUT2D eigenvalue weighted by molar-refractivity contribution is 5.43. The van der Waals surface area contributed by atoms with E-state index < -0.39 is 4.92 Å². The van der Waals surface area contributed by atoms with Gasteiger partial charge in [0.05, 0.1) is 12.2 Å². The van der Waals surface area contributed by atoms with Crippen LogP contribution >= 0.6 is 0 Å². The van der Waals surface area contributed by atoms with Crippen molar-refractivity contribution in [3.63, 3.8) is 0 Å². The minimum atomic E-state index is -0.541. The molecule has 0 amide bonds. The van der Waals surface area contributed by atoms with Crippen LogP contribution < -0.4 is 5.32 Å².